The van der Waals surface area contributed by atoms with E-state index in [1.54, 1.807) is 6.07 Å². The highest BCUT2D eigenvalue weighted by molar-refractivity contribution is 5.78. The Morgan fingerprint density at radius 1 is 1.38 bits per heavy atom. The first kappa shape index (κ1) is 17.2. The van der Waals surface area contributed by atoms with Crippen molar-refractivity contribution in [1.82, 2.24) is 5.32 Å². The lowest BCUT2D eigenvalue weighted by atomic mass is 9.94. The molecule has 1 aliphatic heterocycles. The van der Waals surface area contributed by atoms with E-state index in [2.05, 4.69) is 5.32 Å². The van der Waals surface area contributed by atoms with Gasteiger partial charge < -0.3 is 19.5 Å². The smallest absolute Gasteiger partial charge is 0.224 e. The van der Waals surface area contributed by atoms with Gasteiger partial charge in [0.1, 0.15) is 6.10 Å². The van der Waals surface area contributed by atoms with Crippen molar-refractivity contribution in [2.45, 2.75) is 50.4 Å². The molecule has 0 bridgehead atoms. The van der Waals surface area contributed by atoms with Crippen molar-refractivity contribution in [3.63, 3.8) is 0 Å². The Balaban J connectivity index is 1.45. The van der Waals surface area contributed by atoms with Gasteiger partial charge in [-0.15, -0.1) is 0 Å². The minimum atomic E-state index is -0.463. The van der Waals surface area contributed by atoms with Crippen molar-refractivity contribution in [3.05, 3.63) is 29.6 Å². The van der Waals surface area contributed by atoms with Crippen LogP contribution in [0.3, 0.4) is 0 Å². The van der Waals surface area contributed by atoms with Crippen LogP contribution in [-0.4, -0.2) is 38.1 Å². The summed E-state index contributed by atoms with van der Waals surface area (Å²) >= 11 is 0. The summed E-state index contributed by atoms with van der Waals surface area (Å²) in [7, 11) is 1.41. The lowest BCUT2D eigenvalue weighted by Gasteiger charge is -2.31. The summed E-state index contributed by atoms with van der Waals surface area (Å²) in [5.74, 6) is -0.872. The van der Waals surface area contributed by atoms with Crippen LogP contribution in [0.2, 0.25) is 0 Å². The van der Waals surface area contributed by atoms with E-state index >= 15 is 0 Å². The second-order valence-electron chi connectivity index (χ2n) is 6.47. The third-order valence-electron chi connectivity index (χ3n) is 4.64. The number of methoxy groups -OCH3 is 1. The molecular formula is C18H24FNO4. The van der Waals surface area contributed by atoms with Crippen LogP contribution in [0, 0.1) is 5.82 Å². The largest absolute Gasteiger partial charge is 0.494 e. The standard InChI is InChI=1S/C18H24FNO4/c1-22-16-6-5-13(9-15(16)19)10-17(21)20-11-14-12-23-18(24-14)7-3-2-4-8-18/h5-6,9,14H,2-4,7-8,10-12H2,1H3,(H,20,21)/t14-/m1/s1. The maximum Gasteiger partial charge on any atom is 0.224 e. The van der Waals surface area contributed by atoms with Crippen molar-refractivity contribution >= 4 is 5.91 Å². The minimum absolute atomic E-state index is 0.111. The molecule has 1 aromatic rings. The highest BCUT2D eigenvalue weighted by Gasteiger charge is 2.42. The van der Waals surface area contributed by atoms with E-state index in [1.165, 1.54) is 25.7 Å². The number of carbonyl (C=O) groups excluding carboxylic acids is 1. The third kappa shape index (κ3) is 4.05. The van der Waals surface area contributed by atoms with E-state index in [9.17, 15) is 9.18 Å². The molecule has 1 aromatic carbocycles. The highest BCUT2D eigenvalue weighted by atomic mass is 19.1. The van der Waals surface area contributed by atoms with Crippen molar-refractivity contribution in [2.24, 2.45) is 0 Å². The van der Waals surface area contributed by atoms with E-state index in [1.807, 2.05) is 0 Å². The number of hydrogen-bond acceptors (Lipinski definition) is 4. The molecule has 1 atom stereocenters. The lowest BCUT2D eigenvalue weighted by Crippen LogP contribution is -2.37. The molecule has 1 saturated heterocycles. The normalized spacial score (nSPS) is 22.5. The maximum atomic E-state index is 13.6. The number of benzene rings is 1. The fraction of sp³-hybridized carbons (Fsp3) is 0.611. The van der Waals surface area contributed by atoms with E-state index in [4.69, 9.17) is 14.2 Å². The summed E-state index contributed by atoms with van der Waals surface area (Å²) in [6, 6.07) is 4.54. The Bertz CT molecular complexity index is 586. The van der Waals surface area contributed by atoms with Gasteiger partial charge in [0.25, 0.3) is 0 Å². The molecular weight excluding hydrogens is 313 g/mol. The summed E-state index contributed by atoms with van der Waals surface area (Å²) < 4.78 is 30.4. The van der Waals surface area contributed by atoms with Crippen molar-refractivity contribution in [1.29, 1.82) is 0 Å². The molecule has 1 amide bonds. The molecule has 5 nitrogen and oxygen atoms in total. The summed E-state index contributed by atoms with van der Waals surface area (Å²) in [6.45, 7) is 0.927. The minimum Gasteiger partial charge on any atom is -0.494 e. The van der Waals surface area contributed by atoms with Crippen LogP contribution in [0.1, 0.15) is 37.7 Å². The first-order chi connectivity index (χ1) is 11.6. The first-order valence-corrected chi connectivity index (χ1v) is 8.51. The summed E-state index contributed by atoms with van der Waals surface area (Å²) in [5, 5.41) is 2.85. The molecule has 1 N–H and O–H groups in total. The fourth-order valence-electron chi connectivity index (χ4n) is 3.37. The van der Waals surface area contributed by atoms with Crippen LogP contribution >= 0.6 is 0 Å². The maximum absolute atomic E-state index is 13.6. The average molecular weight is 337 g/mol. The second-order valence-corrected chi connectivity index (χ2v) is 6.47. The topological polar surface area (TPSA) is 56.8 Å². The van der Waals surface area contributed by atoms with Crippen LogP contribution in [-0.2, 0) is 20.7 Å². The van der Waals surface area contributed by atoms with Crippen LogP contribution < -0.4 is 10.1 Å². The number of halogens is 1. The van der Waals surface area contributed by atoms with E-state index in [0.29, 0.717) is 18.7 Å². The zero-order valence-corrected chi connectivity index (χ0v) is 14.0. The van der Waals surface area contributed by atoms with Crippen molar-refractivity contribution in [2.75, 3.05) is 20.3 Å². The zero-order chi connectivity index (χ0) is 17.0. The molecule has 0 aromatic heterocycles. The van der Waals surface area contributed by atoms with E-state index < -0.39 is 11.6 Å². The molecule has 6 heteroatoms. The SMILES string of the molecule is COc1ccc(CC(=O)NC[C@@H]2COC3(CCCCC3)O2)cc1F. The van der Waals surface area contributed by atoms with Crippen LogP contribution in [0.15, 0.2) is 18.2 Å². The Morgan fingerprint density at radius 3 is 2.88 bits per heavy atom. The lowest BCUT2D eigenvalue weighted by molar-refractivity contribution is -0.186. The Hall–Kier alpha value is -1.66. The molecule has 1 spiro atoms. The van der Waals surface area contributed by atoms with Gasteiger partial charge in [-0.3, -0.25) is 4.79 Å². The molecule has 3 rings (SSSR count). The second kappa shape index (κ2) is 7.49. The molecule has 2 fully saturated rings. The van der Waals surface area contributed by atoms with E-state index in [-0.39, 0.29) is 24.2 Å². The van der Waals surface area contributed by atoms with Gasteiger partial charge >= 0.3 is 0 Å². The first-order valence-electron chi connectivity index (χ1n) is 8.51. The fourth-order valence-corrected chi connectivity index (χ4v) is 3.37. The van der Waals surface area contributed by atoms with Gasteiger partial charge in [-0.1, -0.05) is 12.5 Å². The molecule has 132 valence electrons. The predicted molar refractivity (Wildman–Crippen MR) is 86.3 cm³/mol. The number of ether oxygens (including phenoxy) is 3. The summed E-state index contributed by atoms with van der Waals surface area (Å²) in [6.07, 6.45) is 5.36. The number of amides is 1. The zero-order valence-electron chi connectivity index (χ0n) is 14.0. The van der Waals surface area contributed by atoms with Crippen LogP contribution in [0.25, 0.3) is 0 Å². The molecule has 2 aliphatic rings. The molecule has 0 unspecified atom stereocenters. The number of carbonyl (C=O) groups is 1. The van der Waals surface area contributed by atoms with Crippen molar-refractivity contribution < 1.29 is 23.4 Å². The summed E-state index contributed by atoms with van der Waals surface area (Å²) in [5.41, 5.74) is 0.609. The highest BCUT2D eigenvalue weighted by Crippen LogP contribution is 2.37. The summed E-state index contributed by atoms with van der Waals surface area (Å²) in [4.78, 5) is 12.0. The van der Waals surface area contributed by atoms with Crippen LogP contribution in [0.5, 0.6) is 5.75 Å². The molecule has 24 heavy (non-hydrogen) atoms. The van der Waals surface area contributed by atoms with E-state index in [0.717, 1.165) is 25.7 Å². The molecule has 1 saturated carbocycles. The molecule has 0 radical (unpaired) electrons. The molecule has 1 heterocycles. The van der Waals surface area contributed by atoms with Gasteiger partial charge in [-0.2, -0.15) is 0 Å². The van der Waals surface area contributed by atoms with Gasteiger partial charge in [-0.25, -0.2) is 4.39 Å². The van der Waals surface area contributed by atoms with Gasteiger partial charge in [0.05, 0.1) is 20.1 Å². The van der Waals surface area contributed by atoms with Gasteiger partial charge in [0.2, 0.25) is 5.91 Å². The Labute approximate surface area is 141 Å². The third-order valence-corrected chi connectivity index (χ3v) is 4.64. The molecule has 1 aliphatic carbocycles. The van der Waals surface area contributed by atoms with Gasteiger partial charge in [0.15, 0.2) is 17.4 Å². The van der Waals surface area contributed by atoms with Gasteiger partial charge in [-0.05, 0) is 30.5 Å². The van der Waals surface area contributed by atoms with Crippen LogP contribution in [0.4, 0.5) is 4.39 Å². The quantitative estimate of drug-likeness (QED) is 0.897. The van der Waals surface area contributed by atoms with Gasteiger partial charge in [0, 0.05) is 19.4 Å². The average Bonchev–Trinajstić information content (AvgIpc) is 2.96. The monoisotopic (exact) mass is 337 g/mol. The van der Waals surface area contributed by atoms with Crippen molar-refractivity contribution in [3.8, 4) is 5.75 Å². The number of hydrogen-bond donors (Lipinski definition) is 1. The Morgan fingerprint density at radius 2 is 2.17 bits per heavy atom. The number of nitrogens with one attached hydrogen (secondary N) is 1. The predicted octanol–water partition coefficient (Wildman–Crippen LogP) is 2.57. The number of rotatable bonds is 5. The Kier molecular flexibility index (Phi) is 5.36.